The number of esters is 3. The molecule has 6 nitrogen and oxygen atoms in total. The third-order valence-corrected chi connectivity index (χ3v) is 9.02. The van der Waals surface area contributed by atoms with Crippen LogP contribution in [-0.4, -0.2) is 37.2 Å². The Morgan fingerprint density at radius 3 is 1.19 bits per heavy atom. The maximum Gasteiger partial charge on any atom is 0.306 e. The highest BCUT2D eigenvalue weighted by molar-refractivity contribution is 5.71. The number of hydrogen-bond donors (Lipinski definition) is 0. The van der Waals surface area contributed by atoms with Crippen LogP contribution in [0, 0.1) is 0 Å². The van der Waals surface area contributed by atoms with Crippen LogP contribution in [0.3, 0.4) is 0 Å². The van der Waals surface area contributed by atoms with E-state index in [4.69, 9.17) is 14.2 Å². The molecule has 0 aliphatic rings. The molecule has 1 atom stereocenters. The quantitative estimate of drug-likeness (QED) is 0.0271. The molecule has 0 radical (unpaired) electrons. The van der Waals surface area contributed by atoms with Crippen LogP contribution in [0.15, 0.2) is 60.8 Å². The van der Waals surface area contributed by atoms with Crippen LogP contribution in [0.1, 0.15) is 201 Å². The molecule has 0 aromatic carbocycles. The lowest BCUT2D eigenvalue weighted by atomic mass is 10.0. The Balaban J connectivity index is 4.42. The van der Waals surface area contributed by atoms with E-state index < -0.39 is 6.10 Å². The monoisotopic (exact) mass is 741 g/mol. The molecule has 0 rings (SSSR count). The van der Waals surface area contributed by atoms with E-state index in [0.717, 1.165) is 103 Å². The van der Waals surface area contributed by atoms with Gasteiger partial charge in [0.1, 0.15) is 13.2 Å². The number of allylic oxidation sites excluding steroid dienone is 10. The van der Waals surface area contributed by atoms with Crippen LogP contribution in [0.2, 0.25) is 0 Å². The summed E-state index contributed by atoms with van der Waals surface area (Å²) in [6.45, 7) is 6.32. The number of hydrogen-bond acceptors (Lipinski definition) is 6. The Hall–Kier alpha value is -2.89. The summed E-state index contributed by atoms with van der Waals surface area (Å²) in [6, 6.07) is 0. The van der Waals surface area contributed by atoms with Crippen molar-refractivity contribution in [2.75, 3.05) is 13.2 Å². The Kier molecular flexibility index (Phi) is 39.6. The molecule has 0 aromatic rings. The molecule has 0 aliphatic heterocycles. The van der Waals surface area contributed by atoms with Crippen molar-refractivity contribution in [3.05, 3.63) is 60.8 Å². The van der Waals surface area contributed by atoms with Gasteiger partial charge in [-0.15, -0.1) is 0 Å². The second-order valence-corrected chi connectivity index (χ2v) is 14.2. The average molecular weight is 741 g/mol. The minimum atomic E-state index is -0.790. The van der Waals surface area contributed by atoms with E-state index in [1.54, 1.807) is 0 Å². The first-order valence-corrected chi connectivity index (χ1v) is 21.8. The smallest absolute Gasteiger partial charge is 0.306 e. The molecule has 0 aromatic heterocycles. The van der Waals surface area contributed by atoms with Gasteiger partial charge in [-0.3, -0.25) is 14.4 Å². The molecular weight excluding hydrogens is 661 g/mol. The minimum absolute atomic E-state index is 0.0955. The van der Waals surface area contributed by atoms with E-state index in [0.29, 0.717) is 19.3 Å². The van der Waals surface area contributed by atoms with E-state index in [2.05, 4.69) is 81.5 Å². The average Bonchev–Trinajstić information content (AvgIpc) is 3.15. The van der Waals surface area contributed by atoms with Gasteiger partial charge < -0.3 is 14.2 Å². The summed E-state index contributed by atoms with van der Waals surface area (Å²) < 4.78 is 16.6. The van der Waals surface area contributed by atoms with Crippen molar-refractivity contribution in [2.24, 2.45) is 0 Å². The second-order valence-electron chi connectivity index (χ2n) is 14.2. The van der Waals surface area contributed by atoms with Gasteiger partial charge in [0, 0.05) is 19.3 Å². The SMILES string of the molecule is CC/C=C\C/C=C\C/C=C\CCCCCCC(=O)OCC(COC(=O)CCCC/C=C\C/C=C\CC)OC(=O)CCCCCCCCCCCCCC. The van der Waals surface area contributed by atoms with Gasteiger partial charge in [0.15, 0.2) is 6.10 Å². The summed E-state index contributed by atoms with van der Waals surface area (Å²) in [5.74, 6) is -0.958. The third kappa shape index (κ3) is 40.1. The highest BCUT2D eigenvalue weighted by Gasteiger charge is 2.19. The van der Waals surface area contributed by atoms with Crippen LogP contribution < -0.4 is 0 Å². The second kappa shape index (κ2) is 41.9. The highest BCUT2D eigenvalue weighted by Crippen LogP contribution is 2.14. The molecule has 0 N–H and O–H groups in total. The number of ether oxygens (including phenoxy) is 3. The molecule has 0 amide bonds. The maximum atomic E-state index is 12.7. The Morgan fingerprint density at radius 1 is 0.396 bits per heavy atom. The van der Waals surface area contributed by atoms with Gasteiger partial charge in [-0.2, -0.15) is 0 Å². The van der Waals surface area contributed by atoms with Crippen LogP contribution >= 0.6 is 0 Å². The predicted molar refractivity (Wildman–Crippen MR) is 224 cm³/mol. The molecule has 1 unspecified atom stereocenters. The number of carbonyl (C=O) groups excluding carboxylic acids is 3. The van der Waals surface area contributed by atoms with Crippen molar-refractivity contribution in [1.29, 1.82) is 0 Å². The lowest BCUT2D eigenvalue weighted by Crippen LogP contribution is -2.30. The third-order valence-electron chi connectivity index (χ3n) is 9.02. The summed E-state index contributed by atoms with van der Waals surface area (Å²) in [4.78, 5) is 37.6. The molecule has 53 heavy (non-hydrogen) atoms. The minimum Gasteiger partial charge on any atom is -0.462 e. The van der Waals surface area contributed by atoms with Crippen LogP contribution in [0.4, 0.5) is 0 Å². The van der Waals surface area contributed by atoms with Crippen LogP contribution in [0.5, 0.6) is 0 Å². The molecule has 0 aliphatic carbocycles. The number of carbonyl (C=O) groups is 3. The summed E-state index contributed by atoms with van der Waals surface area (Å²) in [5.41, 5.74) is 0. The largest absolute Gasteiger partial charge is 0.462 e. The van der Waals surface area contributed by atoms with E-state index >= 15 is 0 Å². The maximum absolute atomic E-state index is 12.7. The lowest BCUT2D eigenvalue weighted by Gasteiger charge is -2.18. The van der Waals surface area contributed by atoms with Crippen LogP contribution in [-0.2, 0) is 28.6 Å². The van der Waals surface area contributed by atoms with Gasteiger partial charge in [0.25, 0.3) is 0 Å². The van der Waals surface area contributed by atoms with E-state index in [1.165, 1.54) is 57.8 Å². The first-order valence-electron chi connectivity index (χ1n) is 21.8. The van der Waals surface area contributed by atoms with Crippen molar-refractivity contribution in [2.45, 2.75) is 207 Å². The molecular formula is C47H80O6. The fourth-order valence-electron chi connectivity index (χ4n) is 5.79. The Labute approximate surface area is 326 Å². The first-order chi connectivity index (χ1) is 26.0. The van der Waals surface area contributed by atoms with Gasteiger partial charge in [-0.25, -0.2) is 0 Å². The predicted octanol–water partition coefficient (Wildman–Crippen LogP) is 13.7. The summed E-state index contributed by atoms with van der Waals surface area (Å²) in [7, 11) is 0. The normalized spacial score (nSPS) is 12.6. The molecule has 0 heterocycles. The van der Waals surface area contributed by atoms with E-state index in [9.17, 15) is 14.4 Å². The fraction of sp³-hybridized carbons (Fsp3) is 0.723. The van der Waals surface area contributed by atoms with Gasteiger partial charge in [-0.1, -0.05) is 165 Å². The van der Waals surface area contributed by atoms with Crippen molar-refractivity contribution in [1.82, 2.24) is 0 Å². The summed E-state index contributed by atoms with van der Waals surface area (Å²) >= 11 is 0. The summed E-state index contributed by atoms with van der Waals surface area (Å²) in [5, 5.41) is 0. The van der Waals surface area contributed by atoms with E-state index in [-0.39, 0.29) is 31.1 Å². The zero-order valence-corrected chi connectivity index (χ0v) is 34.5. The molecule has 0 bridgehead atoms. The summed E-state index contributed by atoms with van der Waals surface area (Å²) in [6.07, 6.45) is 49.3. The number of unbranched alkanes of at least 4 members (excludes halogenated alkanes) is 17. The zero-order valence-electron chi connectivity index (χ0n) is 34.5. The molecule has 0 saturated carbocycles. The van der Waals surface area contributed by atoms with Crippen molar-refractivity contribution in [3.8, 4) is 0 Å². The Morgan fingerprint density at radius 2 is 0.736 bits per heavy atom. The van der Waals surface area contributed by atoms with Crippen molar-refractivity contribution >= 4 is 17.9 Å². The Bertz CT molecular complexity index is 991. The first kappa shape index (κ1) is 50.1. The topological polar surface area (TPSA) is 78.9 Å². The number of rotatable bonds is 38. The lowest BCUT2D eigenvalue weighted by molar-refractivity contribution is -0.167. The van der Waals surface area contributed by atoms with Gasteiger partial charge >= 0.3 is 17.9 Å². The molecule has 0 spiro atoms. The van der Waals surface area contributed by atoms with E-state index in [1.807, 2.05) is 0 Å². The molecule has 304 valence electrons. The van der Waals surface area contributed by atoms with Crippen molar-refractivity contribution < 1.29 is 28.6 Å². The molecule has 0 fully saturated rings. The fourth-order valence-corrected chi connectivity index (χ4v) is 5.79. The van der Waals surface area contributed by atoms with Gasteiger partial charge in [0.2, 0.25) is 0 Å². The van der Waals surface area contributed by atoms with Gasteiger partial charge in [0.05, 0.1) is 0 Å². The van der Waals surface area contributed by atoms with Crippen molar-refractivity contribution in [3.63, 3.8) is 0 Å². The molecule has 0 saturated heterocycles. The van der Waals surface area contributed by atoms with Gasteiger partial charge in [-0.05, 0) is 77.0 Å². The standard InChI is InChI=1S/C47H80O6/c1-4-7-10-13-16-19-21-23-24-26-28-31-34-37-40-46(49)52-43-44(42-51-45(48)39-36-33-30-27-18-15-12-9-6-3)53-47(50)41-38-35-32-29-25-22-20-17-14-11-8-5-2/h7,9-10,12,16,18-19,23-24,27,44H,4-6,8,11,13-15,17,20-22,25-26,28-43H2,1-3H3/b10-7-,12-9-,19-16-,24-23-,27-18-. The molecule has 6 heteroatoms. The highest BCUT2D eigenvalue weighted by atomic mass is 16.6. The van der Waals surface area contributed by atoms with Crippen LogP contribution in [0.25, 0.3) is 0 Å². The zero-order chi connectivity index (χ0) is 38.7.